The highest BCUT2D eigenvalue weighted by Crippen LogP contribution is 2.22. The van der Waals surface area contributed by atoms with E-state index in [9.17, 15) is 0 Å². The minimum atomic E-state index is -0.365. The Morgan fingerprint density at radius 3 is 2.79 bits per heavy atom. The molecule has 1 heterocycles. The predicted molar refractivity (Wildman–Crippen MR) is 73.8 cm³/mol. The average Bonchev–Trinajstić information content (AvgIpc) is 2.87. The highest BCUT2D eigenvalue weighted by molar-refractivity contribution is 7.98. The number of nitrogens with zero attached hydrogens (tertiary/aromatic N) is 2. The second-order valence-corrected chi connectivity index (χ2v) is 5.26. The molecule has 2 rings (SSSR count). The van der Waals surface area contributed by atoms with Crippen LogP contribution >= 0.6 is 11.8 Å². The van der Waals surface area contributed by atoms with Crippen LogP contribution in [0.25, 0.3) is 0 Å². The van der Waals surface area contributed by atoms with E-state index in [4.69, 9.17) is 15.0 Å². The lowest BCUT2D eigenvalue weighted by molar-refractivity contribution is 0.166. The minimum absolute atomic E-state index is 0.365. The molecule has 0 aliphatic carbocycles. The van der Waals surface area contributed by atoms with Gasteiger partial charge in [0.1, 0.15) is 6.04 Å². The lowest BCUT2D eigenvalue weighted by Gasteiger charge is -2.02. The maximum Gasteiger partial charge on any atom is 0.245 e. The number of methoxy groups -OCH3 is 1. The van der Waals surface area contributed by atoms with E-state index in [0.29, 0.717) is 24.1 Å². The molecule has 0 radical (unpaired) electrons. The summed E-state index contributed by atoms with van der Waals surface area (Å²) in [5.41, 5.74) is 7.06. The summed E-state index contributed by atoms with van der Waals surface area (Å²) in [5, 5.41) is 3.91. The van der Waals surface area contributed by atoms with E-state index < -0.39 is 0 Å². The second-order valence-electron chi connectivity index (χ2n) is 4.21. The summed E-state index contributed by atoms with van der Waals surface area (Å²) in [5.74, 6) is 1.72. The van der Waals surface area contributed by atoms with Crippen LogP contribution in [0.1, 0.15) is 23.3 Å². The Morgan fingerprint density at radius 1 is 1.37 bits per heavy atom. The van der Waals surface area contributed by atoms with Crippen LogP contribution in [-0.2, 0) is 10.5 Å². The zero-order valence-electron chi connectivity index (χ0n) is 11.0. The fourth-order valence-electron chi connectivity index (χ4n) is 1.51. The molecule has 2 N–H and O–H groups in total. The average molecular weight is 279 g/mol. The molecule has 0 aliphatic rings. The first-order valence-corrected chi connectivity index (χ1v) is 6.94. The van der Waals surface area contributed by atoms with Gasteiger partial charge in [-0.2, -0.15) is 4.98 Å². The van der Waals surface area contributed by atoms with Crippen LogP contribution < -0.4 is 5.73 Å². The van der Waals surface area contributed by atoms with E-state index in [2.05, 4.69) is 41.3 Å². The van der Waals surface area contributed by atoms with Gasteiger partial charge in [0.05, 0.1) is 12.4 Å². The van der Waals surface area contributed by atoms with Gasteiger partial charge in [-0.1, -0.05) is 22.9 Å². The quantitative estimate of drug-likeness (QED) is 0.818. The van der Waals surface area contributed by atoms with E-state index in [1.807, 2.05) is 0 Å². The van der Waals surface area contributed by atoms with Crippen LogP contribution in [0.3, 0.4) is 0 Å². The van der Waals surface area contributed by atoms with E-state index in [1.165, 1.54) is 10.5 Å². The van der Waals surface area contributed by atoms with Crippen molar-refractivity contribution in [3.05, 3.63) is 41.5 Å². The zero-order valence-corrected chi connectivity index (χ0v) is 11.8. The Balaban J connectivity index is 1.91. The topological polar surface area (TPSA) is 74.2 Å². The summed E-state index contributed by atoms with van der Waals surface area (Å²) < 4.78 is 10.1. The van der Waals surface area contributed by atoms with Crippen molar-refractivity contribution in [2.45, 2.75) is 23.6 Å². The smallest absolute Gasteiger partial charge is 0.245 e. The number of ether oxygens (including phenoxy) is 1. The number of thioether (sulfide) groups is 1. The molecule has 0 fully saturated rings. The highest BCUT2D eigenvalue weighted by atomic mass is 32.2. The fraction of sp³-hybridized carbons (Fsp3) is 0.385. The normalized spacial score (nSPS) is 12.6. The standard InChI is InChI=1S/C13H17N3O2S/c1-9-3-5-10(6-4-9)19-8-12-15-13(18-16-12)11(14)7-17-2/h3-6,11H,7-8,14H2,1-2H3. The molecule has 2 aromatic rings. The monoisotopic (exact) mass is 279 g/mol. The molecule has 0 saturated heterocycles. The SMILES string of the molecule is COCC(N)c1nc(CSc2ccc(C)cc2)no1. The van der Waals surface area contributed by atoms with Gasteiger partial charge < -0.3 is 15.0 Å². The van der Waals surface area contributed by atoms with Crippen molar-refractivity contribution in [3.8, 4) is 0 Å². The molecule has 5 nitrogen and oxygen atoms in total. The Kier molecular flexibility index (Phi) is 4.95. The van der Waals surface area contributed by atoms with Gasteiger partial charge in [-0.15, -0.1) is 11.8 Å². The molecular weight excluding hydrogens is 262 g/mol. The van der Waals surface area contributed by atoms with Crippen LogP contribution in [0, 0.1) is 6.92 Å². The number of aromatic nitrogens is 2. The summed E-state index contributed by atoms with van der Waals surface area (Å²) in [4.78, 5) is 5.44. The van der Waals surface area contributed by atoms with Crippen LogP contribution in [-0.4, -0.2) is 23.9 Å². The minimum Gasteiger partial charge on any atom is -0.383 e. The van der Waals surface area contributed by atoms with Gasteiger partial charge in [-0.05, 0) is 19.1 Å². The van der Waals surface area contributed by atoms with Gasteiger partial charge in [-0.3, -0.25) is 0 Å². The van der Waals surface area contributed by atoms with E-state index in [1.54, 1.807) is 18.9 Å². The third-order valence-electron chi connectivity index (χ3n) is 2.54. The summed E-state index contributed by atoms with van der Waals surface area (Å²) in [6, 6.07) is 7.96. The van der Waals surface area contributed by atoms with Gasteiger partial charge in [0.2, 0.25) is 5.89 Å². The molecule has 0 spiro atoms. The van der Waals surface area contributed by atoms with Crippen LogP contribution in [0.2, 0.25) is 0 Å². The summed E-state index contributed by atoms with van der Waals surface area (Å²) in [7, 11) is 1.59. The van der Waals surface area contributed by atoms with E-state index in [0.717, 1.165) is 0 Å². The number of hydrogen-bond donors (Lipinski definition) is 1. The third kappa shape index (κ3) is 4.05. The maximum absolute atomic E-state index is 5.81. The molecule has 1 unspecified atom stereocenters. The molecule has 6 heteroatoms. The molecule has 0 saturated carbocycles. The Hall–Kier alpha value is -1.37. The van der Waals surface area contributed by atoms with Crippen LogP contribution in [0.4, 0.5) is 0 Å². The molecule has 1 aromatic heterocycles. The van der Waals surface area contributed by atoms with Crippen molar-refractivity contribution in [3.63, 3.8) is 0 Å². The van der Waals surface area contributed by atoms with Crippen molar-refractivity contribution in [1.29, 1.82) is 0 Å². The van der Waals surface area contributed by atoms with Crippen molar-refractivity contribution >= 4 is 11.8 Å². The van der Waals surface area contributed by atoms with E-state index in [-0.39, 0.29) is 6.04 Å². The Labute approximate surface area is 116 Å². The Bertz CT molecular complexity index is 513. The second kappa shape index (κ2) is 6.70. The summed E-state index contributed by atoms with van der Waals surface area (Å²) >= 11 is 1.66. The van der Waals surface area contributed by atoms with Crippen molar-refractivity contribution in [2.75, 3.05) is 13.7 Å². The van der Waals surface area contributed by atoms with Gasteiger partial charge in [-0.25, -0.2) is 0 Å². The van der Waals surface area contributed by atoms with Gasteiger partial charge in [0.15, 0.2) is 5.82 Å². The van der Waals surface area contributed by atoms with Crippen molar-refractivity contribution in [1.82, 2.24) is 10.1 Å². The molecule has 0 bridgehead atoms. The van der Waals surface area contributed by atoms with Gasteiger partial charge >= 0.3 is 0 Å². The summed E-state index contributed by atoms with van der Waals surface area (Å²) in [6.45, 7) is 2.43. The fourth-order valence-corrected chi connectivity index (χ4v) is 2.25. The number of rotatable bonds is 6. The number of hydrogen-bond acceptors (Lipinski definition) is 6. The highest BCUT2D eigenvalue weighted by Gasteiger charge is 2.14. The molecule has 19 heavy (non-hydrogen) atoms. The van der Waals surface area contributed by atoms with Crippen LogP contribution in [0.15, 0.2) is 33.7 Å². The number of benzene rings is 1. The third-order valence-corrected chi connectivity index (χ3v) is 3.54. The first-order chi connectivity index (χ1) is 9.19. The molecule has 0 aliphatic heterocycles. The molecule has 102 valence electrons. The van der Waals surface area contributed by atoms with Crippen LogP contribution in [0.5, 0.6) is 0 Å². The molecule has 1 aromatic carbocycles. The first-order valence-electron chi connectivity index (χ1n) is 5.95. The largest absolute Gasteiger partial charge is 0.383 e. The van der Waals surface area contributed by atoms with E-state index >= 15 is 0 Å². The molecular formula is C13H17N3O2S. The van der Waals surface area contributed by atoms with Gasteiger partial charge in [0, 0.05) is 12.0 Å². The molecule has 1 atom stereocenters. The summed E-state index contributed by atoms with van der Waals surface area (Å²) in [6.07, 6.45) is 0. The maximum atomic E-state index is 5.81. The van der Waals surface area contributed by atoms with Crippen molar-refractivity contribution in [2.24, 2.45) is 5.73 Å². The zero-order chi connectivity index (χ0) is 13.7. The lowest BCUT2D eigenvalue weighted by Crippen LogP contribution is -2.16. The first kappa shape index (κ1) is 14.0. The Morgan fingerprint density at radius 2 is 2.11 bits per heavy atom. The predicted octanol–water partition coefficient (Wildman–Crippen LogP) is 2.32. The van der Waals surface area contributed by atoms with Gasteiger partial charge in [0.25, 0.3) is 0 Å². The lowest BCUT2D eigenvalue weighted by atomic mass is 10.2. The number of aryl methyl sites for hydroxylation is 1. The molecule has 0 amide bonds. The number of nitrogens with two attached hydrogens (primary N) is 1. The van der Waals surface area contributed by atoms with Crippen molar-refractivity contribution < 1.29 is 9.26 Å².